The van der Waals surface area contributed by atoms with E-state index in [1.807, 2.05) is 32.0 Å². The third kappa shape index (κ3) is 3.95. The van der Waals surface area contributed by atoms with Crippen molar-refractivity contribution in [2.24, 2.45) is 0 Å². The van der Waals surface area contributed by atoms with Gasteiger partial charge in [0, 0.05) is 5.69 Å². The van der Waals surface area contributed by atoms with Crippen molar-refractivity contribution in [2.45, 2.75) is 13.8 Å². The molecule has 0 bridgehead atoms. The summed E-state index contributed by atoms with van der Waals surface area (Å²) in [5.74, 6) is -1.20. The third-order valence-electron chi connectivity index (χ3n) is 3.29. The van der Waals surface area contributed by atoms with Gasteiger partial charge in [-0.1, -0.05) is 24.3 Å². The fraction of sp³-hybridized carbons (Fsp3) is 0.125. The van der Waals surface area contributed by atoms with Gasteiger partial charge < -0.3 is 15.2 Å². The highest BCUT2D eigenvalue weighted by molar-refractivity contribution is 7.80. The van der Waals surface area contributed by atoms with Crippen molar-refractivity contribution >= 4 is 34.7 Å². The number of carbonyl (C=O) groups excluding carboxylic acids is 1. The Morgan fingerprint density at radius 3 is 2.41 bits per heavy atom. The molecule has 0 aliphatic carbocycles. The molecule has 2 aromatic carbocycles. The van der Waals surface area contributed by atoms with Crippen LogP contribution in [0.1, 0.15) is 21.5 Å². The van der Waals surface area contributed by atoms with Gasteiger partial charge in [-0.3, -0.25) is 10.9 Å². The second-order valence-corrected chi connectivity index (χ2v) is 5.22. The van der Waals surface area contributed by atoms with Crippen molar-refractivity contribution in [3.05, 3.63) is 59.2 Å². The van der Waals surface area contributed by atoms with Gasteiger partial charge in [-0.15, -0.1) is 0 Å². The number of benzene rings is 2. The molecule has 2 aromatic rings. The van der Waals surface area contributed by atoms with E-state index in [-0.39, 0.29) is 5.56 Å². The van der Waals surface area contributed by atoms with E-state index in [0.717, 1.165) is 11.3 Å². The monoisotopic (exact) mass is 314 g/mol. The second kappa shape index (κ2) is 6.91. The maximum absolute atomic E-state index is 10.7. The molecule has 0 saturated carbocycles. The van der Waals surface area contributed by atoms with Crippen molar-refractivity contribution in [1.82, 2.24) is 5.43 Å². The van der Waals surface area contributed by atoms with Gasteiger partial charge in [0.25, 0.3) is 0 Å². The molecule has 0 amide bonds. The van der Waals surface area contributed by atoms with Crippen LogP contribution in [-0.4, -0.2) is 11.1 Å². The normalized spacial score (nSPS) is 9.91. The molecule has 0 heterocycles. The minimum absolute atomic E-state index is 0.127. The van der Waals surface area contributed by atoms with Crippen LogP contribution in [0.5, 0.6) is 0 Å². The first-order valence-corrected chi connectivity index (χ1v) is 7.09. The zero-order chi connectivity index (χ0) is 16.1. The molecule has 0 saturated heterocycles. The van der Waals surface area contributed by atoms with Gasteiger partial charge in [0.05, 0.1) is 11.7 Å². The predicted molar refractivity (Wildman–Crippen MR) is 89.7 cm³/mol. The minimum atomic E-state index is -1.20. The number of nitrogens with one attached hydrogen (secondary N) is 3. The zero-order valence-electron chi connectivity index (χ0n) is 12.3. The van der Waals surface area contributed by atoms with Crippen LogP contribution in [0.25, 0.3) is 0 Å². The Bertz CT molecular complexity index is 699. The summed E-state index contributed by atoms with van der Waals surface area (Å²) < 4.78 is 0. The van der Waals surface area contributed by atoms with Gasteiger partial charge in [-0.05, 0) is 61.0 Å². The molecule has 0 radical (unpaired) electrons. The van der Waals surface area contributed by atoms with E-state index in [1.165, 1.54) is 17.7 Å². The maximum Gasteiger partial charge on any atom is 0.189 e. The summed E-state index contributed by atoms with van der Waals surface area (Å²) in [7, 11) is 0. The number of aromatic carboxylic acids is 1. The molecule has 22 heavy (non-hydrogen) atoms. The van der Waals surface area contributed by atoms with Crippen molar-refractivity contribution in [3.8, 4) is 0 Å². The van der Waals surface area contributed by atoms with E-state index in [4.69, 9.17) is 12.2 Å². The van der Waals surface area contributed by atoms with Gasteiger partial charge in [0.2, 0.25) is 0 Å². The Morgan fingerprint density at radius 1 is 1.09 bits per heavy atom. The molecule has 2 rings (SSSR count). The highest BCUT2D eigenvalue weighted by atomic mass is 32.1. The molecule has 0 fully saturated rings. The largest absolute Gasteiger partial charge is 0.545 e. The molecule has 3 N–H and O–H groups in total. The SMILES string of the molecule is Cc1cccc(NC(=S)NNc2ccc(C(=O)[O-])cc2)c1C. The van der Waals surface area contributed by atoms with Gasteiger partial charge in [0.15, 0.2) is 5.11 Å². The lowest BCUT2D eigenvalue weighted by Crippen LogP contribution is -2.33. The fourth-order valence-electron chi connectivity index (χ4n) is 1.86. The van der Waals surface area contributed by atoms with E-state index in [1.54, 1.807) is 12.1 Å². The molecule has 6 heteroatoms. The molecule has 0 aliphatic heterocycles. The van der Waals surface area contributed by atoms with Crippen LogP contribution >= 0.6 is 12.2 Å². The lowest BCUT2D eigenvalue weighted by Gasteiger charge is -2.15. The highest BCUT2D eigenvalue weighted by Crippen LogP contribution is 2.17. The summed E-state index contributed by atoms with van der Waals surface area (Å²) in [5, 5.41) is 14.2. The summed E-state index contributed by atoms with van der Waals surface area (Å²) in [6, 6.07) is 12.1. The number of thiocarbonyl (C=S) groups is 1. The van der Waals surface area contributed by atoms with Crippen molar-refractivity contribution in [3.63, 3.8) is 0 Å². The van der Waals surface area contributed by atoms with Gasteiger partial charge in [0.1, 0.15) is 0 Å². The quantitative estimate of drug-likeness (QED) is 0.592. The number of hydrogen-bond donors (Lipinski definition) is 3. The summed E-state index contributed by atoms with van der Waals surface area (Å²) in [5.41, 5.74) is 9.81. The summed E-state index contributed by atoms with van der Waals surface area (Å²) in [6.07, 6.45) is 0. The highest BCUT2D eigenvalue weighted by Gasteiger charge is 2.02. The number of hydrogen-bond acceptors (Lipinski definition) is 4. The third-order valence-corrected chi connectivity index (χ3v) is 3.50. The molecule has 0 atom stereocenters. The molecule has 0 spiro atoms. The van der Waals surface area contributed by atoms with Gasteiger partial charge >= 0.3 is 0 Å². The van der Waals surface area contributed by atoms with Crippen LogP contribution < -0.4 is 21.3 Å². The smallest absolute Gasteiger partial charge is 0.189 e. The molecule has 0 aliphatic rings. The van der Waals surface area contributed by atoms with Crippen molar-refractivity contribution in [1.29, 1.82) is 0 Å². The molecular weight excluding hydrogens is 298 g/mol. The Labute approximate surface area is 134 Å². The van der Waals surface area contributed by atoms with Crippen LogP contribution in [0.15, 0.2) is 42.5 Å². The number of carboxylic acid groups (broad SMARTS) is 1. The predicted octanol–water partition coefficient (Wildman–Crippen LogP) is 1.98. The topological polar surface area (TPSA) is 76.2 Å². The molecular formula is C16H16N3O2S-. The zero-order valence-corrected chi connectivity index (χ0v) is 13.1. The number of rotatable bonds is 4. The number of carboxylic acids is 1. The Hall–Kier alpha value is -2.60. The maximum atomic E-state index is 10.7. The average molecular weight is 314 g/mol. The van der Waals surface area contributed by atoms with E-state index in [2.05, 4.69) is 16.2 Å². The molecule has 0 unspecified atom stereocenters. The van der Waals surface area contributed by atoms with E-state index >= 15 is 0 Å². The van der Waals surface area contributed by atoms with Gasteiger partial charge in [-0.2, -0.15) is 0 Å². The minimum Gasteiger partial charge on any atom is -0.545 e. The summed E-state index contributed by atoms with van der Waals surface area (Å²) in [4.78, 5) is 10.7. The van der Waals surface area contributed by atoms with Gasteiger partial charge in [-0.25, -0.2) is 0 Å². The standard InChI is InChI=1S/C16H17N3O2S/c1-10-4-3-5-14(11(10)2)17-16(22)19-18-13-8-6-12(7-9-13)15(20)21/h3-9,18H,1-2H3,(H,20,21)(H2,17,19,22)/p-1. The van der Waals surface area contributed by atoms with Crippen LogP contribution in [-0.2, 0) is 0 Å². The number of aryl methyl sites for hydroxylation is 1. The second-order valence-electron chi connectivity index (χ2n) is 4.82. The first kappa shape index (κ1) is 15.8. The van der Waals surface area contributed by atoms with Crippen molar-refractivity contribution < 1.29 is 9.90 Å². The first-order chi connectivity index (χ1) is 10.5. The van der Waals surface area contributed by atoms with Crippen LogP contribution in [0.2, 0.25) is 0 Å². The Balaban J connectivity index is 1.92. The van der Waals surface area contributed by atoms with Crippen LogP contribution in [0.4, 0.5) is 11.4 Å². The number of anilines is 2. The van der Waals surface area contributed by atoms with E-state index in [0.29, 0.717) is 10.8 Å². The lowest BCUT2D eigenvalue weighted by atomic mass is 10.1. The summed E-state index contributed by atoms with van der Waals surface area (Å²) in [6.45, 7) is 4.06. The van der Waals surface area contributed by atoms with E-state index in [9.17, 15) is 9.90 Å². The molecule has 5 nitrogen and oxygen atoms in total. The average Bonchev–Trinajstić information content (AvgIpc) is 2.50. The summed E-state index contributed by atoms with van der Waals surface area (Å²) >= 11 is 5.22. The van der Waals surface area contributed by atoms with Crippen molar-refractivity contribution in [2.75, 3.05) is 10.7 Å². The lowest BCUT2D eigenvalue weighted by molar-refractivity contribution is -0.255. The van der Waals surface area contributed by atoms with Crippen LogP contribution in [0.3, 0.4) is 0 Å². The fourth-order valence-corrected chi connectivity index (χ4v) is 2.02. The molecule has 0 aromatic heterocycles. The number of hydrazine groups is 1. The first-order valence-electron chi connectivity index (χ1n) is 6.68. The van der Waals surface area contributed by atoms with E-state index < -0.39 is 5.97 Å². The Kier molecular flexibility index (Phi) is 4.95. The Morgan fingerprint density at radius 2 is 1.77 bits per heavy atom. The number of carbonyl (C=O) groups is 1. The van der Waals surface area contributed by atoms with Crippen LogP contribution in [0, 0.1) is 13.8 Å². The molecule has 114 valence electrons.